The van der Waals surface area contributed by atoms with Gasteiger partial charge in [0, 0.05) is 44.3 Å². The number of carbonyl (C=O) groups excluding carboxylic acids is 2. The summed E-state index contributed by atoms with van der Waals surface area (Å²) >= 11 is 0. The maximum absolute atomic E-state index is 12.8. The number of hydrogen-bond acceptors (Lipinski definition) is 4. The molecule has 1 aromatic heterocycles. The van der Waals surface area contributed by atoms with Gasteiger partial charge in [-0.25, -0.2) is 4.98 Å². The van der Waals surface area contributed by atoms with Gasteiger partial charge < -0.3 is 15.0 Å². The Kier molecular flexibility index (Phi) is 4.61. The molecule has 0 aliphatic carbocycles. The zero-order valence-electron chi connectivity index (χ0n) is 13.5. The molecule has 2 amide bonds. The highest BCUT2D eigenvalue weighted by molar-refractivity contribution is 5.93. The minimum atomic E-state index is -0.205. The highest BCUT2D eigenvalue weighted by Crippen LogP contribution is 2.44. The highest BCUT2D eigenvalue weighted by atomic mass is 16.5. The van der Waals surface area contributed by atoms with Gasteiger partial charge in [-0.2, -0.15) is 0 Å². The number of hydrogen-bond donors (Lipinski definition) is 1. The zero-order valence-corrected chi connectivity index (χ0v) is 13.5. The normalized spacial score (nSPS) is 23.0. The van der Waals surface area contributed by atoms with Gasteiger partial charge in [0.05, 0.1) is 5.92 Å². The molecule has 1 unspecified atom stereocenters. The second-order valence-corrected chi connectivity index (χ2v) is 6.36. The fraction of sp³-hybridized carbons (Fsp3) is 0.588. The van der Waals surface area contributed by atoms with E-state index in [0.717, 1.165) is 12.8 Å². The summed E-state index contributed by atoms with van der Waals surface area (Å²) in [5, 5.41) is 2.90. The molecule has 0 aromatic carbocycles. The fourth-order valence-corrected chi connectivity index (χ4v) is 3.68. The Morgan fingerprint density at radius 1 is 1.39 bits per heavy atom. The van der Waals surface area contributed by atoms with E-state index in [1.54, 1.807) is 12.3 Å². The molecule has 0 radical (unpaired) electrons. The molecule has 23 heavy (non-hydrogen) atoms. The summed E-state index contributed by atoms with van der Waals surface area (Å²) in [5.41, 5.74) is -0.165. The number of anilines is 1. The van der Waals surface area contributed by atoms with Crippen molar-refractivity contribution in [1.82, 2.24) is 9.88 Å². The average molecular weight is 317 g/mol. The summed E-state index contributed by atoms with van der Waals surface area (Å²) in [6.07, 6.45) is 3.77. The van der Waals surface area contributed by atoms with Crippen LogP contribution in [-0.2, 0) is 14.3 Å². The summed E-state index contributed by atoms with van der Waals surface area (Å²) in [5.74, 6) is 0.421. The van der Waals surface area contributed by atoms with Gasteiger partial charge in [0.1, 0.15) is 5.82 Å². The van der Waals surface area contributed by atoms with Gasteiger partial charge >= 0.3 is 0 Å². The van der Waals surface area contributed by atoms with Crippen LogP contribution in [0.1, 0.15) is 26.2 Å². The Balaban J connectivity index is 1.79. The van der Waals surface area contributed by atoms with Crippen molar-refractivity contribution >= 4 is 17.6 Å². The van der Waals surface area contributed by atoms with Crippen molar-refractivity contribution in [2.75, 3.05) is 31.6 Å². The Morgan fingerprint density at radius 3 is 2.83 bits per heavy atom. The number of carbonyl (C=O) groups is 2. The molecule has 6 heteroatoms. The first-order valence-electron chi connectivity index (χ1n) is 8.22. The van der Waals surface area contributed by atoms with Crippen molar-refractivity contribution in [2.24, 2.45) is 11.3 Å². The van der Waals surface area contributed by atoms with Crippen molar-refractivity contribution in [3.05, 3.63) is 24.4 Å². The quantitative estimate of drug-likeness (QED) is 0.921. The van der Waals surface area contributed by atoms with E-state index in [0.29, 0.717) is 38.5 Å². The number of aromatic nitrogens is 1. The summed E-state index contributed by atoms with van der Waals surface area (Å²) in [7, 11) is 0. The van der Waals surface area contributed by atoms with Gasteiger partial charge in [-0.3, -0.25) is 9.59 Å². The smallest absolute Gasteiger partial charge is 0.231 e. The lowest BCUT2D eigenvalue weighted by atomic mass is 9.72. The summed E-state index contributed by atoms with van der Waals surface area (Å²) in [6.45, 7) is 4.32. The minimum Gasteiger partial charge on any atom is -0.381 e. The molecule has 2 aliphatic rings. The van der Waals surface area contributed by atoms with Crippen molar-refractivity contribution in [2.45, 2.75) is 26.2 Å². The summed E-state index contributed by atoms with van der Waals surface area (Å²) in [4.78, 5) is 30.9. The van der Waals surface area contributed by atoms with Crippen molar-refractivity contribution in [3.8, 4) is 0 Å². The Morgan fingerprint density at radius 2 is 2.17 bits per heavy atom. The van der Waals surface area contributed by atoms with E-state index < -0.39 is 0 Å². The van der Waals surface area contributed by atoms with Gasteiger partial charge in [0.2, 0.25) is 11.8 Å². The maximum Gasteiger partial charge on any atom is 0.231 e. The third-order valence-electron chi connectivity index (χ3n) is 5.02. The third kappa shape index (κ3) is 3.22. The molecule has 0 bridgehead atoms. The molecular weight excluding hydrogens is 294 g/mol. The molecule has 1 aromatic rings. The lowest BCUT2D eigenvalue weighted by Gasteiger charge is -2.37. The molecule has 6 nitrogen and oxygen atoms in total. The van der Waals surface area contributed by atoms with E-state index >= 15 is 0 Å². The van der Waals surface area contributed by atoms with Gasteiger partial charge in [0.15, 0.2) is 0 Å². The zero-order chi connectivity index (χ0) is 16.3. The second-order valence-electron chi connectivity index (χ2n) is 6.36. The molecule has 3 heterocycles. The van der Waals surface area contributed by atoms with Crippen LogP contribution in [0.4, 0.5) is 5.82 Å². The van der Waals surface area contributed by atoms with E-state index in [2.05, 4.69) is 10.3 Å². The first-order chi connectivity index (χ1) is 11.1. The number of pyridine rings is 1. The van der Waals surface area contributed by atoms with Crippen LogP contribution in [0.2, 0.25) is 0 Å². The standard InChI is InChI=1S/C17H23N3O3/c1-2-15(21)20-11-13(17(12-20)6-9-23-10-7-17)16(22)19-14-5-3-4-8-18-14/h3-5,8,13H,2,6-7,9-12H2,1H3,(H,18,19,22). The number of ether oxygens (including phenoxy) is 1. The number of nitrogens with zero attached hydrogens (tertiary/aromatic N) is 2. The Bertz CT molecular complexity index is 570. The first kappa shape index (κ1) is 15.9. The topological polar surface area (TPSA) is 71.5 Å². The van der Waals surface area contributed by atoms with Gasteiger partial charge in [-0.05, 0) is 25.0 Å². The van der Waals surface area contributed by atoms with E-state index in [4.69, 9.17) is 4.74 Å². The van der Waals surface area contributed by atoms with Crippen LogP contribution in [0, 0.1) is 11.3 Å². The largest absolute Gasteiger partial charge is 0.381 e. The third-order valence-corrected chi connectivity index (χ3v) is 5.02. The van der Waals surface area contributed by atoms with Crippen LogP contribution in [0.5, 0.6) is 0 Å². The number of rotatable bonds is 3. The molecule has 2 fully saturated rings. The van der Waals surface area contributed by atoms with Gasteiger partial charge in [-0.15, -0.1) is 0 Å². The monoisotopic (exact) mass is 317 g/mol. The van der Waals surface area contributed by atoms with Crippen LogP contribution in [0.15, 0.2) is 24.4 Å². The molecule has 3 rings (SSSR count). The highest BCUT2D eigenvalue weighted by Gasteiger charge is 2.51. The van der Waals surface area contributed by atoms with E-state index in [1.807, 2.05) is 24.0 Å². The van der Waals surface area contributed by atoms with E-state index in [1.165, 1.54) is 0 Å². The lowest BCUT2D eigenvalue weighted by molar-refractivity contribution is -0.130. The van der Waals surface area contributed by atoms with Crippen molar-refractivity contribution < 1.29 is 14.3 Å². The SMILES string of the molecule is CCC(=O)N1CC(C(=O)Nc2ccccn2)C2(CCOCC2)C1. The summed E-state index contributed by atoms with van der Waals surface area (Å²) in [6, 6.07) is 5.43. The number of likely N-dealkylation sites (tertiary alicyclic amines) is 1. The van der Waals surface area contributed by atoms with E-state index in [9.17, 15) is 9.59 Å². The Labute approximate surface area is 136 Å². The molecule has 1 atom stereocenters. The second kappa shape index (κ2) is 6.66. The molecular formula is C17H23N3O3. The lowest BCUT2D eigenvalue weighted by Crippen LogP contribution is -2.42. The molecule has 0 saturated carbocycles. The minimum absolute atomic E-state index is 0.0444. The molecule has 124 valence electrons. The van der Waals surface area contributed by atoms with Crippen molar-refractivity contribution in [3.63, 3.8) is 0 Å². The fourth-order valence-electron chi connectivity index (χ4n) is 3.68. The van der Waals surface area contributed by atoms with Crippen LogP contribution >= 0.6 is 0 Å². The average Bonchev–Trinajstić information content (AvgIpc) is 2.94. The van der Waals surface area contributed by atoms with Crippen LogP contribution in [0.25, 0.3) is 0 Å². The van der Waals surface area contributed by atoms with Crippen LogP contribution < -0.4 is 5.32 Å². The predicted octanol–water partition coefficient (Wildman–Crippen LogP) is 1.69. The molecule has 2 saturated heterocycles. The first-order valence-corrected chi connectivity index (χ1v) is 8.22. The summed E-state index contributed by atoms with van der Waals surface area (Å²) < 4.78 is 5.48. The number of amides is 2. The number of nitrogens with one attached hydrogen (secondary N) is 1. The maximum atomic E-state index is 12.8. The van der Waals surface area contributed by atoms with Gasteiger partial charge in [0.25, 0.3) is 0 Å². The van der Waals surface area contributed by atoms with E-state index in [-0.39, 0.29) is 23.1 Å². The Hall–Kier alpha value is -1.95. The molecule has 1 spiro atoms. The van der Waals surface area contributed by atoms with Crippen LogP contribution in [0.3, 0.4) is 0 Å². The van der Waals surface area contributed by atoms with Crippen LogP contribution in [-0.4, -0.2) is 48.0 Å². The predicted molar refractivity (Wildman–Crippen MR) is 85.7 cm³/mol. The molecule has 2 aliphatic heterocycles. The van der Waals surface area contributed by atoms with Crippen molar-refractivity contribution in [1.29, 1.82) is 0 Å². The van der Waals surface area contributed by atoms with Gasteiger partial charge in [-0.1, -0.05) is 13.0 Å². The molecule has 1 N–H and O–H groups in total.